The third-order valence-electron chi connectivity index (χ3n) is 4.33. The molecule has 0 fully saturated rings. The first-order chi connectivity index (χ1) is 13.2. The van der Waals surface area contributed by atoms with E-state index in [9.17, 15) is 4.79 Å². The van der Waals surface area contributed by atoms with Crippen LogP contribution in [0.4, 0.5) is 15.6 Å². The molecule has 0 unspecified atom stereocenters. The number of fused-ring (bicyclic) bond motifs is 1. The fraction of sp³-hybridized carbons (Fsp3) is 0.200. The average Bonchev–Trinajstić information content (AvgIpc) is 3.14. The number of methoxy groups -OCH3 is 1. The maximum absolute atomic E-state index is 12.7. The van der Waals surface area contributed by atoms with Gasteiger partial charge in [-0.1, -0.05) is 41.7 Å². The van der Waals surface area contributed by atoms with Crippen LogP contribution in [0.3, 0.4) is 0 Å². The van der Waals surface area contributed by atoms with Crippen molar-refractivity contribution in [2.24, 2.45) is 0 Å². The number of urea groups is 1. The first-order valence-corrected chi connectivity index (χ1v) is 9.49. The van der Waals surface area contributed by atoms with E-state index < -0.39 is 0 Å². The van der Waals surface area contributed by atoms with Crippen LogP contribution in [0.15, 0.2) is 54.7 Å². The van der Waals surface area contributed by atoms with E-state index in [-0.39, 0.29) is 6.03 Å². The first kappa shape index (κ1) is 17.4. The number of anilines is 2. The van der Waals surface area contributed by atoms with Crippen LogP contribution in [0.5, 0.6) is 16.6 Å². The van der Waals surface area contributed by atoms with E-state index in [1.54, 1.807) is 18.2 Å². The number of rotatable bonds is 4. The SMILES string of the molecule is COc1ccccc1Oc1cnc(NC(=O)N2CCCc3ccccc32)s1. The van der Waals surface area contributed by atoms with E-state index in [2.05, 4.69) is 16.4 Å². The van der Waals surface area contributed by atoms with Crippen molar-refractivity contribution in [3.05, 3.63) is 60.3 Å². The maximum Gasteiger partial charge on any atom is 0.328 e. The second-order valence-electron chi connectivity index (χ2n) is 6.05. The van der Waals surface area contributed by atoms with Crippen LogP contribution in [0, 0.1) is 0 Å². The van der Waals surface area contributed by atoms with E-state index in [0.29, 0.717) is 28.2 Å². The molecule has 7 heteroatoms. The van der Waals surface area contributed by atoms with Crippen LogP contribution < -0.4 is 19.7 Å². The number of nitrogens with one attached hydrogen (secondary N) is 1. The lowest BCUT2D eigenvalue weighted by Gasteiger charge is -2.29. The van der Waals surface area contributed by atoms with Crippen LogP contribution in [0.1, 0.15) is 12.0 Å². The normalized spacial score (nSPS) is 13.0. The van der Waals surface area contributed by atoms with Gasteiger partial charge in [-0.2, -0.15) is 0 Å². The third-order valence-corrected chi connectivity index (χ3v) is 5.12. The molecule has 1 aliphatic heterocycles. The molecule has 3 aromatic rings. The molecule has 6 nitrogen and oxygen atoms in total. The number of aromatic nitrogens is 1. The minimum Gasteiger partial charge on any atom is -0.493 e. The Morgan fingerprint density at radius 3 is 2.78 bits per heavy atom. The summed E-state index contributed by atoms with van der Waals surface area (Å²) in [5.74, 6) is 1.24. The molecule has 0 radical (unpaired) electrons. The van der Waals surface area contributed by atoms with Gasteiger partial charge in [0.15, 0.2) is 16.6 Å². The lowest BCUT2D eigenvalue weighted by molar-refractivity contribution is 0.256. The largest absolute Gasteiger partial charge is 0.493 e. The Hall–Kier alpha value is -3.06. The van der Waals surface area contributed by atoms with Crippen molar-refractivity contribution in [1.82, 2.24) is 4.98 Å². The highest BCUT2D eigenvalue weighted by molar-refractivity contribution is 7.17. The zero-order valence-electron chi connectivity index (χ0n) is 14.8. The van der Waals surface area contributed by atoms with Gasteiger partial charge in [0.05, 0.1) is 13.3 Å². The number of aryl methyl sites for hydroxylation is 1. The van der Waals surface area contributed by atoms with Crippen molar-refractivity contribution in [3.8, 4) is 16.6 Å². The number of para-hydroxylation sites is 3. The number of hydrogen-bond acceptors (Lipinski definition) is 5. The van der Waals surface area contributed by atoms with Gasteiger partial charge >= 0.3 is 6.03 Å². The number of nitrogens with zero attached hydrogens (tertiary/aromatic N) is 2. The van der Waals surface area contributed by atoms with Crippen molar-refractivity contribution in [1.29, 1.82) is 0 Å². The van der Waals surface area contributed by atoms with E-state index in [1.165, 1.54) is 16.9 Å². The molecular formula is C20H19N3O3S. The highest BCUT2D eigenvalue weighted by atomic mass is 32.1. The maximum atomic E-state index is 12.7. The molecule has 138 valence electrons. The number of carbonyl (C=O) groups excluding carboxylic acids is 1. The van der Waals surface area contributed by atoms with Crippen LogP contribution in [-0.2, 0) is 6.42 Å². The average molecular weight is 381 g/mol. The Bertz CT molecular complexity index is 957. The van der Waals surface area contributed by atoms with Gasteiger partial charge in [0.1, 0.15) is 0 Å². The van der Waals surface area contributed by atoms with Gasteiger partial charge in [-0.3, -0.25) is 10.2 Å². The van der Waals surface area contributed by atoms with Gasteiger partial charge in [0.25, 0.3) is 0 Å². The molecular weight excluding hydrogens is 362 g/mol. The Labute approximate surface area is 161 Å². The van der Waals surface area contributed by atoms with Crippen LogP contribution in [0.25, 0.3) is 0 Å². The van der Waals surface area contributed by atoms with Crippen molar-refractivity contribution < 1.29 is 14.3 Å². The van der Waals surface area contributed by atoms with Gasteiger partial charge in [0, 0.05) is 12.2 Å². The minimum absolute atomic E-state index is 0.180. The Kier molecular flexibility index (Phi) is 4.93. The number of carbonyl (C=O) groups is 1. The first-order valence-electron chi connectivity index (χ1n) is 8.68. The second kappa shape index (κ2) is 7.67. The Morgan fingerprint density at radius 1 is 1.15 bits per heavy atom. The Morgan fingerprint density at radius 2 is 1.93 bits per heavy atom. The Balaban J connectivity index is 1.46. The predicted molar refractivity (Wildman–Crippen MR) is 106 cm³/mol. The summed E-state index contributed by atoms with van der Waals surface area (Å²) < 4.78 is 11.1. The third kappa shape index (κ3) is 3.73. The van der Waals surface area contributed by atoms with Crippen LogP contribution in [0.2, 0.25) is 0 Å². The molecule has 2 amide bonds. The molecule has 1 N–H and O–H groups in total. The minimum atomic E-state index is -0.180. The number of hydrogen-bond donors (Lipinski definition) is 1. The van der Waals surface area contributed by atoms with Crippen LogP contribution >= 0.6 is 11.3 Å². The van der Waals surface area contributed by atoms with Crippen molar-refractivity contribution >= 4 is 28.2 Å². The second-order valence-corrected chi connectivity index (χ2v) is 7.04. The molecule has 2 aromatic carbocycles. The molecule has 0 atom stereocenters. The lowest BCUT2D eigenvalue weighted by Crippen LogP contribution is -2.38. The summed E-state index contributed by atoms with van der Waals surface area (Å²) in [6, 6.07) is 15.2. The van der Waals surface area contributed by atoms with Gasteiger partial charge in [-0.25, -0.2) is 9.78 Å². The molecule has 0 aliphatic carbocycles. The van der Waals surface area contributed by atoms with Crippen molar-refractivity contribution in [2.75, 3.05) is 23.9 Å². The molecule has 0 spiro atoms. The molecule has 27 heavy (non-hydrogen) atoms. The van der Waals surface area contributed by atoms with Gasteiger partial charge in [-0.15, -0.1) is 0 Å². The number of benzene rings is 2. The molecule has 0 saturated carbocycles. The number of thiazole rings is 1. The molecule has 1 aliphatic rings. The molecule has 4 rings (SSSR count). The fourth-order valence-corrected chi connectivity index (χ4v) is 3.75. The standard InChI is InChI=1S/C20H19N3O3S/c1-25-16-10-4-5-11-17(16)26-18-13-21-19(27-18)22-20(24)23-12-6-8-14-7-2-3-9-15(14)23/h2-5,7,9-11,13H,6,8,12H2,1H3,(H,21,22,24). The monoisotopic (exact) mass is 381 g/mol. The number of ether oxygens (including phenoxy) is 2. The van der Waals surface area contributed by atoms with E-state index >= 15 is 0 Å². The number of amides is 2. The lowest BCUT2D eigenvalue weighted by atomic mass is 10.0. The molecule has 0 saturated heterocycles. The molecule has 2 heterocycles. The van der Waals surface area contributed by atoms with Crippen molar-refractivity contribution in [3.63, 3.8) is 0 Å². The summed E-state index contributed by atoms with van der Waals surface area (Å²) in [7, 11) is 1.59. The predicted octanol–water partition coefficient (Wildman–Crippen LogP) is 4.93. The summed E-state index contributed by atoms with van der Waals surface area (Å²) >= 11 is 1.27. The quantitative estimate of drug-likeness (QED) is 0.696. The highest BCUT2D eigenvalue weighted by Gasteiger charge is 2.23. The molecule has 0 bridgehead atoms. The summed E-state index contributed by atoms with van der Waals surface area (Å²) in [6.45, 7) is 0.693. The van der Waals surface area contributed by atoms with Crippen LogP contribution in [-0.4, -0.2) is 24.7 Å². The van der Waals surface area contributed by atoms with E-state index in [1.807, 2.05) is 42.5 Å². The van der Waals surface area contributed by atoms with Gasteiger partial charge in [-0.05, 0) is 36.6 Å². The van der Waals surface area contributed by atoms with Crippen molar-refractivity contribution in [2.45, 2.75) is 12.8 Å². The zero-order valence-corrected chi connectivity index (χ0v) is 15.7. The van der Waals surface area contributed by atoms with E-state index in [0.717, 1.165) is 18.5 Å². The zero-order chi connectivity index (χ0) is 18.6. The highest BCUT2D eigenvalue weighted by Crippen LogP contribution is 2.35. The smallest absolute Gasteiger partial charge is 0.328 e. The van der Waals surface area contributed by atoms with Gasteiger partial charge in [0.2, 0.25) is 5.06 Å². The molecule has 1 aromatic heterocycles. The van der Waals surface area contributed by atoms with Gasteiger partial charge < -0.3 is 9.47 Å². The topological polar surface area (TPSA) is 63.7 Å². The fourth-order valence-electron chi connectivity index (χ4n) is 3.08. The summed E-state index contributed by atoms with van der Waals surface area (Å²) in [5.41, 5.74) is 2.15. The summed E-state index contributed by atoms with van der Waals surface area (Å²) in [5, 5.41) is 3.94. The summed E-state index contributed by atoms with van der Waals surface area (Å²) in [4.78, 5) is 18.7. The van der Waals surface area contributed by atoms with E-state index in [4.69, 9.17) is 9.47 Å². The summed E-state index contributed by atoms with van der Waals surface area (Å²) in [6.07, 6.45) is 3.54.